The molecule has 0 aliphatic heterocycles. The van der Waals surface area contributed by atoms with Crippen LogP contribution in [0.4, 0.5) is 4.79 Å². The monoisotopic (exact) mass is 302 g/mol. The zero-order valence-electron chi connectivity index (χ0n) is 13.3. The van der Waals surface area contributed by atoms with Crippen LogP contribution in [0, 0.1) is 0 Å². The summed E-state index contributed by atoms with van der Waals surface area (Å²) in [5, 5.41) is 2.64. The van der Waals surface area contributed by atoms with Crippen LogP contribution < -0.4 is 5.32 Å². The number of pyridine rings is 1. The molecular formula is C17H22N2O3. The van der Waals surface area contributed by atoms with E-state index in [1.165, 1.54) is 6.08 Å². The van der Waals surface area contributed by atoms with Gasteiger partial charge in [0.25, 0.3) is 0 Å². The number of nitrogens with one attached hydrogen (secondary N) is 1. The lowest BCUT2D eigenvalue weighted by Gasteiger charge is -2.19. The van der Waals surface area contributed by atoms with Crippen molar-refractivity contribution in [3.05, 3.63) is 41.7 Å². The Morgan fingerprint density at radius 1 is 1.41 bits per heavy atom. The lowest BCUT2D eigenvalue weighted by Crippen LogP contribution is -2.32. The molecule has 2 rings (SSSR count). The van der Waals surface area contributed by atoms with Gasteiger partial charge in [0, 0.05) is 0 Å². The van der Waals surface area contributed by atoms with Crippen molar-refractivity contribution in [2.75, 3.05) is 0 Å². The molecule has 1 aliphatic rings. The molecule has 22 heavy (non-hydrogen) atoms. The van der Waals surface area contributed by atoms with Crippen molar-refractivity contribution in [3.8, 4) is 0 Å². The first-order chi connectivity index (χ1) is 10.3. The van der Waals surface area contributed by atoms with Gasteiger partial charge in [0.1, 0.15) is 11.3 Å². The molecule has 0 unspecified atom stereocenters. The topological polar surface area (TPSA) is 68.3 Å². The summed E-state index contributed by atoms with van der Waals surface area (Å²) in [4.78, 5) is 28.0. The summed E-state index contributed by atoms with van der Waals surface area (Å²) in [6.07, 6.45) is 2.96. The maximum Gasteiger partial charge on any atom is 0.407 e. The first-order valence-corrected chi connectivity index (χ1v) is 7.43. The number of carbonyl (C=O) groups is 2. The van der Waals surface area contributed by atoms with Crippen LogP contribution in [0.15, 0.2) is 24.8 Å². The summed E-state index contributed by atoms with van der Waals surface area (Å²) >= 11 is 0. The SMILES string of the molecule is C=CC(=O)c1nc(CNC(=O)OC(C)(C)C)ccc1C1CC1. The zero-order valence-corrected chi connectivity index (χ0v) is 13.3. The van der Waals surface area contributed by atoms with Crippen molar-refractivity contribution in [1.82, 2.24) is 10.3 Å². The summed E-state index contributed by atoms with van der Waals surface area (Å²) in [7, 11) is 0. The number of amides is 1. The Kier molecular flexibility index (Phi) is 4.64. The average molecular weight is 302 g/mol. The average Bonchev–Trinajstić information content (AvgIpc) is 3.26. The molecule has 1 heterocycles. The highest BCUT2D eigenvalue weighted by Gasteiger charge is 2.28. The standard InChI is InChI=1S/C17H22N2O3/c1-5-14(20)15-13(11-6-7-11)9-8-12(19-15)10-18-16(21)22-17(2,3)4/h5,8-9,11H,1,6-7,10H2,2-4H3,(H,18,21). The minimum Gasteiger partial charge on any atom is -0.444 e. The van der Waals surface area contributed by atoms with Crippen molar-refractivity contribution < 1.29 is 14.3 Å². The summed E-state index contributed by atoms with van der Waals surface area (Å²) in [6.45, 7) is 9.15. The minimum absolute atomic E-state index is 0.180. The van der Waals surface area contributed by atoms with Gasteiger partial charge in [-0.3, -0.25) is 4.79 Å². The molecule has 1 N–H and O–H groups in total. The van der Waals surface area contributed by atoms with Gasteiger partial charge in [0.2, 0.25) is 5.78 Å². The third kappa shape index (κ3) is 4.41. The van der Waals surface area contributed by atoms with E-state index in [0.717, 1.165) is 18.4 Å². The highest BCUT2D eigenvalue weighted by atomic mass is 16.6. The number of ether oxygens (including phenoxy) is 1. The van der Waals surface area contributed by atoms with E-state index in [4.69, 9.17) is 4.74 Å². The van der Waals surface area contributed by atoms with Crippen LogP contribution in [0.1, 0.15) is 61.3 Å². The molecule has 1 aromatic rings. The van der Waals surface area contributed by atoms with Gasteiger partial charge in [-0.25, -0.2) is 9.78 Å². The Hall–Kier alpha value is -2.17. The van der Waals surface area contributed by atoms with Crippen LogP contribution in [0.2, 0.25) is 0 Å². The summed E-state index contributed by atoms with van der Waals surface area (Å²) in [5.41, 5.74) is 1.50. The Morgan fingerprint density at radius 2 is 2.09 bits per heavy atom. The lowest BCUT2D eigenvalue weighted by molar-refractivity contribution is 0.0523. The van der Waals surface area contributed by atoms with Gasteiger partial charge in [0.15, 0.2) is 0 Å². The van der Waals surface area contributed by atoms with Crippen LogP contribution in [0.5, 0.6) is 0 Å². The molecule has 0 saturated heterocycles. The molecule has 0 atom stereocenters. The number of nitrogens with zero attached hydrogens (tertiary/aromatic N) is 1. The van der Waals surface area contributed by atoms with Gasteiger partial charge in [-0.15, -0.1) is 0 Å². The second-order valence-electron chi connectivity index (χ2n) is 6.44. The van der Waals surface area contributed by atoms with E-state index in [1.807, 2.05) is 12.1 Å². The summed E-state index contributed by atoms with van der Waals surface area (Å²) < 4.78 is 5.17. The van der Waals surface area contributed by atoms with Crippen LogP contribution in [0.3, 0.4) is 0 Å². The fourth-order valence-electron chi connectivity index (χ4n) is 2.10. The number of aromatic nitrogens is 1. The Morgan fingerprint density at radius 3 is 2.64 bits per heavy atom. The molecule has 1 aliphatic carbocycles. The van der Waals surface area contributed by atoms with Crippen LogP contribution in [0.25, 0.3) is 0 Å². The minimum atomic E-state index is -0.544. The van der Waals surface area contributed by atoms with Crippen LogP contribution in [-0.4, -0.2) is 22.5 Å². The first-order valence-electron chi connectivity index (χ1n) is 7.43. The van der Waals surface area contributed by atoms with Crippen LogP contribution >= 0.6 is 0 Å². The second kappa shape index (κ2) is 6.30. The number of alkyl carbamates (subject to hydrolysis) is 1. The van der Waals surface area contributed by atoms with E-state index in [1.54, 1.807) is 20.8 Å². The molecule has 5 nitrogen and oxygen atoms in total. The maximum atomic E-state index is 12.0. The van der Waals surface area contributed by atoms with Crippen molar-refractivity contribution in [1.29, 1.82) is 0 Å². The highest BCUT2D eigenvalue weighted by Crippen LogP contribution is 2.41. The highest BCUT2D eigenvalue weighted by molar-refractivity contribution is 6.03. The molecule has 1 fully saturated rings. The van der Waals surface area contributed by atoms with Gasteiger partial charge in [0.05, 0.1) is 12.2 Å². The molecule has 0 radical (unpaired) electrons. The molecule has 5 heteroatoms. The predicted octanol–water partition coefficient (Wildman–Crippen LogP) is 3.35. The van der Waals surface area contributed by atoms with Crippen molar-refractivity contribution in [2.45, 2.75) is 51.7 Å². The van der Waals surface area contributed by atoms with E-state index in [-0.39, 0.29) is 12.3 Å². The number of carbonyl (C=O) groups excluding carboxylic acids is 2. The quantitative estimate of drug-likeness (QED) is 0.669. The summed E-state index contributed by atoms with van der Waals surface area (Å²) in [5.74, 6) is 0.250. The zero-order chi connectivity index (χ0) is 16.3. The number of ketones is 1. The van der Waals surface area contributed by atoms with Gasteiger partial charge in [-0.1, -0.05) is 12.6 Å². The van der Waals surface area contributed by atoms with Crippen LogP contribution in [-0.2, 0) is 11.3 Å². The van der Waals surface area contributed by atoms with Crippen molar-refractivity contribution >= 4 is 11.9 Å². The molecule has 0 aromatic carbocycles. The first kappa shape index (κ1) is 16.2. The molecule has 0 bridgehead atoms. The normalized spacial score (nSPS) is 14.3. The van der Waals surface area contributed by atoms with E-state index >= 15 is 0 Å². The molecule has 1 amide bonds. The van der Waals surface area contributed by atoms with Gasteiger partial charge in [-0.2, -0.15) is 0 Å². The van der Waals surface area contributed by atoms with E-state index in [0.29, 0.717) is 17.3 Å². The molecule has 0 spiro atoms. The molecular weight excluding hydrogens is 280 g/mol. The number of allylic oxidation sites excluding steroid dienone is 1. The Labute approximate surface area is 130 Å². The smallest absolute Gasteiger partial charge is 0.407 e. The summed E-state index contributed by atoms with van der Waals surface area (Å²) in [6, 6.07) is 3.76. The third-order valence-corrected chi connectivity index (χ3v) is 3.23. The Balaban J connectivity index is 2.07. The molecule has 1 aromatic heterocycles. The fourth-order valence-corrected chi connectivity index (χ4v) is 2.10. The fraction of sp³-hybridized carbons (Fsp3) is 0.471. The van der Waals surface area contributed by atoms with E-state index in [9.17, 15) is 9.59 Å². The maximum absolute atomic E-state index is 12.0. The molecule has 1 saturated carbocycles. The lowest BCUT2D eigenvalue weighted by atomic mass is 10.0. The predicted molar refractivity (Wildman–Crippen MR) is 83.8 cm³/mol. The van der Waals surface area contributed by atoms with Gasteiger partial charge in [-0.05, 0) is 57.2 Å². The van der Waals surface area contributed by atoms with Gasteiger partial charge < -0.3 is 10.1 Å². The largest absolute Gasteiger partial charge is 0.444 e. The van der Waals surface area contributed by atoms with E-state index < -0.39 is 11.7 Å². The second-order valence-corrected chi connectivity index (χ2v) is 6.44. The number of hydrogen-bond acceptors (Lipinski definition) is 4. The van der Waals surface area contributed by atoms with E-state index in [2.05, 4.69) is 16.9 Å². The number of rotatable bonds is 5. The number of hydrogen-bond donors (Lipinski definition) is 1. The van der Waals surface area contributed by atoms with Crippen molar-refractivity contribution in [2.24, 2.45) is 0 Å². The van der Waals surface area contributed by atoms with Crippen molar-refractivity contribution in [3.63, 3.8) is 0 Å². The van der Waals surface area contributed by atoms with Gasteiger partial charge >= 0.3 is 6.09 Å². The Bertz CT molecular complexity index is 598. The molecule has 118 valence electrons. The third-order valence-electron chi connectivity index (χ3n) is 3.23.